The molecule has 1 atom stereocenters. The SMILES string of the molecule is CN(C)Cc1cc(Br)c2cnn(C3CCCCO3)c2c1. The summed E-state index contributed by atoms with van der Waals surface area (Å²) in [5, 5.41) is 5.70. The molecule has 2 heterocycles. The number of hydrogen-bond acceptors (Lipinski definition) is 3. The minimum atomic E-state index is 0.0859. The zero-order chi connectivity index (χ0) is 14.1. The van der Waals surface area contributed by atoms with Gasteiger partial charge >= 0.3 is 0 Å². The van der Waals surface area contributed by atoms with Gasteiger partial charge in [0.2, 0.25) is 0 Å². The number of halogens is 1. The number of rotatable bonds is 3. The van der Waals surface area contributed by atoms with Crippen LogP contribution in [0.1, 0.15) is 31.1 Å². The summed E-state index contributed by atoms with van der Waals surface area (Å²) in [7, 11) is 4.17. The van der Waals surface area contributed by atoms with E-state index in [4.69, 9.17) is 4.74 Å². The van der Waals surface area contributed by atoms with E-state index in [0.29, 0.717) is 0 Å². The van der Waals surface area contributed by atoms with Crippen LogP contribution in [0.4, 0.5) is 0 Å². The molecule has 1 aromatic heterocycles. The minimum Gasteiger partial charge on any atom is -0.356 e. The van der Waals surface area contributed by atoms with Crippen LogP contribution in [-0.4, -0.2) is 35.4 Å². The molecule has 4 nitrogen and oxygen atoms in total. The minimum absolute atomic E-state index is 0.0859. The molecule has 0 N–H and O–H groups in total. The Morgan fingerprint density at radius 2 is 2.25 bits per heavy atom. The summed E-state index contributed by atoms with van der Waals surface area (Å²) >= 11 is 3.66. The van der Waals surface area contributed by atoms with Crippen molar-refractivity contribution in [1.82, 2.24) is 14.7 Å². The van der Waals surface area contributed by atoms with Crippen LogP contribution in [-0.2, 0) is 11.3 Å². The fraction of sp³-hybridized carbons (Fsp3) is 0.533. The van der Waals surface area contributed by atoms with Crippen molar-refractivity contribution < 1.29 is 4.74 Å². The first kappa shape index (κ1) is 14.0. The van der Waals surface area contributed by atoms with E-state index in [1.54, 1.807) is 0 Å². The third-order valence-electron chi connectivity index (χ3n) is 3.65. The zero-order valence-electron chi connectivity index (χ0n) is 12.0. The lowest BCUT2D eigenvalue weighted by atomic mass is 10.1. The molecule has 20 heavy (non-hydrogen) atoms. The Hall–Kier alpha value is -0.910. The van der Waals surface area contributed by atoms with Gasteiger partial charge in [-0.05, 0) is 51.1 Å². The van der Waals surface area contributed by atoms with E-state index in [2.05, 4.69) is 52.2 Å². The van der Waals surface area contributed by atoms with Crippen LogP contribution in [0.3, 0.4) is 0 Å². The van der Waals surface area contributed by atoms with Gasteiger partial charge in [0.15, 0.2) is 6.23 Å². The number of fused-ring (bicyclic) bond motifs is 1. The zero-order valence-corrected chi connectivity index (χ0v) is 13.6. The van der Waals surface area contributed by atoms with Gasteiger partial charge in [-0.2, -0.15) is 5.10 Å². The molecule has 1 aromatic carbocycles. The van der Waals surface area contributed by atoms with Crippen molar-refractivity contribution in [1.29, 1.82) is 0 Å². The average Bonchev–Trinajstić information content (AvgIpc) is 2.83. The smallest absolute Gasteiger partial charge is 0.150 e. The molecule has 1 aliphatic heterocycles. The van der Waals surface area contributed by atoms with Crippen molar-refractivity contribution in [2.45, 2.75) is 32.0 Å². The summed E-state index contributed by atoms with van der Waals surface area (Å²) in [4.78, 5) is 2.17. The maximum absolute atomic E-state index is 5.87. The highest BCUT2D eigenvalue weighted by Crippen LogP contribution is 2.31. The van der Waals surface area contributed by atoms with Gasteiger partial charge in [0, 0.05) is 23.0 Å². The Morgan fingerprint density at radius 3 is 2.95 bits per heavy atom. The van der Waals surface area contributed by atoms with Gasteiger partial charge in [-0.1, -0.05) is 15.9 Å². The quantitative estimate of drug-likeness (QED) is 0.857. The maximum atomic E-state index is 5.87. The summed E-state index contributed by atoms with van der Waals surface area (Å²) in [5.74, 6) is 0. The lowest BCUT2D eigenvalue weighted by molar-refractivity contribution is -0.0366. The normalized spacial score (nSPS) is 19.9. The molecule has 1 fully saturated rings. The first-order valence-electron chi connectivity index (χ1n) is 7.07. The molecule has 0 bridgehead atoms. The van der Waals surface area contributed by atoms with Crippen LogP contribution in [0.2, 0.25) is 0 Å². The second-order valence-electron chi connectivity index (χ2n) is 5.66. The molecule has 2 aromatic rings. The molecule has 0 aliphatic carbocycles. The van der Waals surface area contributed by atoms with E-state index in [-0.39, 0.29) is 6.23 Å². The lowest BCUT2D eigenvalue weighted by Gasteiger charge is -2.23. The number of nitrogens with zero attached hydrogens (tertiary/aromatic N) is 3. The van der Waals surface area contributed by atoms with E-state index in [1.165, 1.54) is 12.0 Å². The Labute approximate surface area is 127 Å². The van der Waals surface area contributed by atoms with E-state index in [1.807, 2.05) is 10.9 Å². The summed E-state index contributed by atoms with van der Waals surface area (Å²) < 4.78 is 9.01. The van der Waals surface area contributed by atoms with Crippen LogP contribution in [0, 0.1) is 0 Å². The van der Waals surface area contributed by atoms with Crippen LogP contribution in [0.25, 0.3) is 10.9 Å². The van der Waals surface area contributed by atoms with Crippen molar-refractivity contribution in [3.05, 3.63) is 28.4 Å². The first-order chi connectivity index (χ1) is 9.65. The largest absolute Gasteiger partial charge is 0.356 e. The number of hydrogen-bond donors (Lipinski definition) is 0. The maximum Gasteiger partial charge on any atom is 0.150 e. The van der Waals surface area contributed by atoms with Crippen molar-refractivity contribution in [2.24, 2.45) is 0 Å². The molecule has 5 heteroatoms. The molecule has 1 unspecified atom stereocenters. The second kappa shape index (κ2) is 5.84. The van der Waals surface area contributed by atoms with Crippen LogP contribution < -0.4 is 0 Å². The number of benzene rings is 1. The average molecular weight is 338 g/mol. The Kier molecular flexibility index (Phi) is 4.10. The van der Waals surface area contributed by atoms with Crippen LogP contribution in [0.5, 0.6) is 0 Å². The summed E-state index contributed by atoms with van der Waals surface area (Å²) in [6.07, 6.45) is 5.43. The number of aromatic nitrogens is 2. The third-order valence-corrected chi connectivity index (χ3v) is 4.31. The van der Waals surface area contributed by atoms with Crippen molar-refractivity contribution >= 4 is 26.8 Å². The van der Waals surface area contributed by atoms with Gasteiger partial charge < -0.3 is 9.64 Å². The molecule has 0 amide bonds. The molecule has 3 rings (SSSR count). The molecule has 0 saturated carbocycles. The van der Waals surface area contributed by atoms with Gasteiger partial charge in [0.05, 0.1) is 11.7 Å². The first-order valence-corrected chi connectivity index (χ1v) is 7.86. The summed E-state index contributed by atoms with van der Waals surface area (Å²) in [6, 6.07) is 4.40. The summed E-state index contributed by atoms with van der Waals surface area (Å²) in [6.45, 7) is 1.76. The van der Waals surface area contributed by atoms with Gasteiger partial charge in [-0.15, -0.1) is 0 Å². The Morgan fingerprint density at radius 1 is 1.40 bits per heavy atom. The predicted octanol–water partition coefficient (Wildman–Crippen LogP) is 3.56. The van der Waals surface area contributed by atoms with Gasteiger partial charge in [-0.25, -0.2) is 4.68 Å². The standard InChI is InChI=1S/C15H20BrN3O/c1-18(2)10-11-7-13(16)12-9-17-19(14(12)8-11)15-5-3-4-6-20-15/h7-9,15H,3-6,10H2,1-2H3. The van der Waals surface area contributed by atoms with Crippen LogP contribution >= 0.6 is 15.9 Å². The van der Waals surface area contributed by atoms with Crippen molar-refractivity contribution in [3.8, 4) is 0 Å². The van der Waals surface area contributed by atoms with Crippen molar-refractivity contribution in [3.63, 3.8) is 0 Å². The van der Waals surface area contributed by atoms with E-state index < -0.39 is 0 Å². The molecule has 1 aliphatic rings. The van der Waals surface area contributed by atoms with E-state index in [0.717, 1.165) is 41.4 Å². The summed E-state index contributed by atoms with van der Waals surface area (Å²) in [5.41, 5.74) is 2.44. The topological polar surface area (TPSA) is 30.3 Å². The molecular weight excluding hydrogens is 318 g/mol. The predicted molar refractivity (Wildman–Crippen MR) is 83.7 cm³/mol. The van der Waals surface area contributed by atoms with Gasteiger partial charge in [0.1, 0.15) is 0 Å². The van der Waals surface area contributed by atoms with Gasteiger partial charge in [0.25, 0.3) is 0 Å². The van der Waals surface area contributed by atoms with Crippen molar-refractivity contribution in [2.75, 3.05) is 20.7 Å². The van der Waals surface area contributed by atoms with Crippen LogP contribution in [0.15, 0.2) is 22.8 Å². The molecule has 108 valence electrons. The monoisotopic (exact) mass is 337 g/mol. The Balaban J connectivity index is 2.02. The fourth-order valence-electron chi connectivity index (χ4n) is 2.76. The molecular formula is C15H20BrN3O. The highest BCUT2D eigenvalue weighted by molar-refractivity contribution is 9.10. The number of ether oxygens (including phenoxy) is 1. The highest BCUT2D eigenvalue weighted by Gasteiger charge is 2.19. The van der Waals surface area contributed by atoms with Gasteiger partial charge in [-0.3, -0.25) is 0 Å². The third kappa shape index (κ3) is 2.75. The fourth-order valence-corrected chi connectivity index (χ4v) is 3.36. The second-order valence-corrected chi connectivity index (χ2v) is 6.51. The van der Waals surface area contributed by atoms with E-state index >= 15 is 0 Å². The van der Waals surface area contributed by atoms with E-state index in [9.17, 15) is 0 Å². The molecule has 0 spiro atoms. The Bertz CT molecular complexity index is 602. The highest BCUT2D eigenvalue weighted by atomic mass is 79.9. The molecule has 0 radical (unpaired) electrons. The molecule has 1 saturated heterocycles. The lowest BCUT2D eigenvalue weighted by Crippen LogP contribution is -2.19.